The lowest BCUT2D eigenvalue weighted by molar-refractivity contribution is -0.138. The molecule has 1 heterocycles. The molecule has 0 aliphatic carbocycles. The molecule has 0 amide bonds. The van der Waals surface area contributed by atoms with Gasteiger partial charge in [-0.2, -0.15) is 0 Å². The number of aryl methyl sites for hydroxylation is 3. The van der Waals surface area contributed by atoms with Crippen LogP contribution in [0.25, 0.3) is 0 Å². The molecule has 0 bridgehead atoms. The molecule has 1 rings (SSSR count). The third-order valence-corrected chi connectivity index (χ3v) is 3.74. The van der Waals surface area contributed by atoms with Crippen molar-refractivity contribution in [1.29, 1.82) is 0 Å². The average Bonchev–Trinajstić information content (AvgIpc) is 2.40. The molecule has 0 fully saturated rings. The highest BCUT2D eigenvalue weighted by molar-refractivity contribution is 7.12. The van der Waals surface area contributed by atoms with E-state index in [1.165, 1.54) is 15.3 Å². The summed E-state index contributed by atoms with van der Waals surface area (Å²) in [5.41, 5.74) is 1.35. The second-order valence-corrected chi connectivity index (χ2v) is 5.55. The van der Waals surface area contributed by atoms with Gasteiger partial charge in [-0.3, -0.25) is 4.79 Å². The standard InChI is InChI=1S/C12H18O2S/c1-8(6-12(13)14)4-5-11-9(2)7-10(3)15-11/h7-8H,4-6H2,1-3H3,(H,13,14). The van der Waals surface area contributed by atoms with E-state index >= 15 is 0 Å². The van der Waals surface area contributed by atoms with Gasteiger partial charge in [-0.15, -0.1) is 11.3 Å². The minimum absolute atomic E-state index is 0.268. The summed E-state index contributed by atoms with van der Waals surface area (Å²) in [6.45, 7) is 6.24. The summed E-state index contributed by atoms with van der Waals surface area (Å²) in [4.78, 5) is 13.2. The van der Waals surface area contributed by atoms with Crippen molar-refractivity contribution in [1.82, 2.24) is 0 Å². The Morgan fingerprint density at radius 2 is 2.20 bits per heavy atom. The monoisotopic (exact) mass is 226 g/mol. The summed E-state index contributed by atoms with van der Waals surface area (Å²) < 4.78 is 0. The SMILES string of the molecule is Cc1cc(C)c(CCC(C)CC(=O)O)s1. The van der Waals surface area contributed by atoms with Crippen LogP contribution in [0.4, 0.5) is 0 Å². The van der Waals surface area contributed by atoms with Gasteiger partial charge >= 0.3 is 5.97 Å². The molecule has 1 aromatic rings. The highest BCUT2D eigenvalue weighted by Gasteiger charge is 2.09. The summed E-state index contributed by atoms with van der Waals surface area (Å²) in [5, 5.41) is 8.64. The lowest BCUT2D eigenvalue weighted by Crippen LogP contribution is -2.05. The van der Waals surface area contributed by atoms with Crippen molar-refractivity contribution in [2.75, 3.05) is 0 Å². The molecule has 0 aromatic carbocycles. The van der Waals surface area contributed by atoms with E-state index in [0.717, 1.165) is 12.8 Å². The van der Waals surface area contributed by atoms with Crippen LogP contribution in [0, 0.1) is 19.8 Å². The summed E-state index contributed by atoms with van der Waals surface area (Å²) >= 11 is 1.83. The third-order valence-electron chi connectivity index (χ3n) is 2.53. The Balaban J connectivity index is 2.43. The summed E-state index contributed by atoms with van der Waals surface area (Å²) in [6.07, 6.45) is 2.26. The van der Waals surface area contributed by atoms with Crippen LogP contribution in [0.3, 0.4) is 0 Å². The maximum Gasteiger partial charge on any atom is 0.303 e. The van der Waals surface area contributed by atoms with Crippen LogP contribution < -0.4 is 0 Å². The highest BCUT2D eigenvalue weighted by atomic mass is 32.1. The molecule has 3 heteroatoms. The van der Waals surface area contributed by atoms with Crippen molar-refractivity contribution in [2.24, 2.45) is 5.92 Å². The normalized spacial score (nSPS) is 12.7. The minimum Gasteiger partial charge on any atom is -0.481 e. The molecule has 0 aliphatic rings. The van der Waals surface area contributed by atoms with Gasteiger partial charge in [-0.25, -0.2) is 0 Å². The molecule has 0 aliphatic heterocycles. The first-order chi connectivity index (χ1) is 6.99. The van der Waals surface area contributed by atoms with Crippen molar-refractivity contribution in [2.45, 2.75) is 40.0 Å². The maximum atomic E-state index is 10.5. The van der Waals surface area contributed by atoms with E-state index in [1.807, 2.05) is 18.3 Å². The molecule has 1 aromatic heterocycles. The molecule has 2 nitrogen and oxygen atoms in total. The van der Waals surface area contributed by atoms with Crippen LogP contribution >= 0.6 is 11.3 Å². The number of carboxylic acid groups (broad SMARTS) is 1. The van der Waals surface area contributed by atoms with Gasteiger partial charge in [-0.1, -0.05) is 6.92 Å². The Labute approximate surface area is 94.9 Å². The zero-order valence-electron chi connectivity index (χ0n) is 9.54. The van der Waals surface area contributed by atoms with E-state index in [0.29, 0.717) is 0 Å². The summed E-state index contributed by atoms with van der Waals surface area (Å²) in [7, 11) is 0. The Morgan fingerprint density at radius 3 is 2.67 bits per heavy atom. The number of carbonyl (C=O) groups is 1. The van der Waals surface area contributed by atoms with Gasteiger partial charge in [0.15, 0.2) is 0 Å². The zero-order chi connectivity index (χ0) is 11.4. The number of rotatable bonds is 5. The van der Waals surface area contributed by atoms with Gasteiger partial charge in [0.1, 0.15) is 0 Å². The molecule has 1 N–H and O–H groups in total. The van der Waals surface area contributed by atoms with Gasteiger partial charge < -0.3 is 5.11 Å². The molecule has 0 saturated carbocycles. The first kappa shape index (κ1) is 12.2. The molecule has 0 spiro atoms. The number of aliphatic carboxylic acids is 1. The zero-order valence-corrected chi connectivity index (χ0v) is 10.4. The Bertz CT molecular complexity index is 341. The molecule has 0 radical (unpaired) electrons. The van der Waals surface area contributed by atoms with Gasteiger partial charge in [0.25, 0.3) is 0 Å². The van der Waals surface area contributed by atoms with Crippen LogP contribution in [-0.2, 0) is 11.2 Å². The lowest BCUT2D eigenvalue weighted by Gasteiger charge is -2.07. The van der Waals surface area contributed by atoms with E-state index in [-0.39, 0.29) is 12.3 Å². The third kappa shape index (κ3) is 4.04. The van der Waals surface area contributed by atoms with Crippen LogP contribution in [0.15, 0.2) is 6.07 Å². The topological polar surface area (TPSA) is 37.3 Å². The number of thiophene rings is 1. The maximum absolute atomic E-state index is 10.5. The Kier molecular flexibility index (Phi) is 4.33. The molecule has 1 unspecified atom stereocenters. The van der Waals surface area contributed by atoms with E-state index in [2.05, 4.69) is 19.9 Å². The van der Waals surface area contributed by atoms with Gasteiger partial charge in [0.2, 0.25) is 0 Å². The molecular formula is C12H18O2S. The predicted molar refractivity (Wildman–Crippen MR) is 63.5 cm³/mol. The van der Waals surface area contributed by atoms with Crippen LogP contribution in [-0.4, -0.2) is 11.1 Å². The minimum atomic E-state index is -0.693. The summed E-state index contributed by atoms with van der Waals surface area (Å²) in [6, 6.07) is 2.20. The van der Waals surface area contributed by atoms with Crippen molar-refractivity contribution in [3.63, 3.8) is 0 Å². The van der Waals surface area contributed by atoms with Crippen molar-refractivity contribution in [3.8, 4) is 0 Å². The van der Waals surface area contributed by atoms with Gasteiger partial charge in [0, 0.05) is 16.2 Å². The fourth-order valence-corrected chi connectivity index (χ4v) is 2.78. The highest BCUT2D eigenvalue weighted by Crippen LogP contribution is 2.24. The Hall–Kier alpha value is -0.830. The molecule has 15 heavy (non-hydrogen) atoms. The number of carboxylic acids is 1. The van der Waals surface area contributed by atoms with E-state index in [4.69, 9.17) is 5.11 Å². The first-order valence-electron chi connectivity index (χ1n) is 5.26. The van der Waals surface area contributed by atoms with E-state index < -0.39 is 5.97 Å². The quantitative estimate of drug-likeness (QED) is 0.835. The molecule has 84 valence electrons. The smallest absolute Gasteiger partial charge is 0.303 e. The fourth-order valence-electron chi connectivity index (χ4n) is 1.72. The van der Waals surface area contributed by atoms with Gasteiger partial charge in [-0.05, 0) is 44.2 Å². The van der Waals surface area contributed by atoms with E-state index in [1.54, 1.807) is 0 Å². The molecule has 1 atom stereocenters. The largest absolute Gasteiger partial charge is 0.481 e. The van der Waals surface area contributed by atoms with E-state index in [9.17, 15) is 4.79 Å². The second-order valence-electron chi connectivity index (χ2n) is 4.20. The number of hydrogen-bond donors (Lipinski definition) is 1. The number of hydrogen-bond acceptors (Lipinski definition) is 2. The average molecular weight is 226 g/mol. The van der Waals surface area contributed by atoms with Crippen molar-refractivity contribution in [3.05, 3.63) is 21.4 Å². The predicted octanol–water partition coefficient (Wildman–Crippen LogP) is 3.41. The Morgan fingerprint density at radius 1 is 1.53 bits per heavy atom. The van der Waals surface area contributed by atoms with Crippen LogP contribution in [0.1, 0.15) is 35.1 Å². The first-order valence-corrected chi connectivity index (χ1v) is 6.08. The molecule has 0 saturated heterocycles. The van der Waals surface area contributed by atoms with Crippen LogP contribution in [0.5, 0.6) is 0 Å². The lowest BCUT2D eigenvalue weighted by atomic mass is 10.0. The fraction of sp³-hybridized carbons (Fsp3) is 0.583. The molecular weight excluding hydrogens is 208 g/mol. The van der Waals surface area contributed by atoms with Crippen molar-refractivity contribution >= 4 is 17.3 Å². The van der Waals surface area contributed by atoms with Crippen LogP contribution in [0.2, 0.25) is 0 Å². The van der Waals surface area contributed by atoms with Crippen molar-refractivity contribution < 1.29 is 9.90 Å². The summed E-state index contributed by atoms with van der Waals surface area (Å²) in [5.74, 6) is -0.425. The van der Waals surface area contributed by atoms with Gasteiger partial charge in [0.05, 0.1) is 0 Å². The second kappa shape index (κ2) is 5.31.